The maximum absolute atomic E-state index is 13.3. The summed E-state index contributed by atoms with van der Waals surface area (Å²) in [6.07, 6.45) is 1.43. The summed E-state index contributed by atoms with van der Waals surface area (Å²) in [4.78, 5) is 27.4. The molecule has 5 rings (SSSR count). The molecule has 0 fully saturated rings. The topological polar surface area (TPSA) is 98.9 Å². The number of thioether (sulfide) groups is 1. The molecule has 1 amide bonds. The lowest BCUT2D eigenvalue weighted by Crippen LogP contribution is -2.39. The third kappa shape index (κ3) is 4.47. The van der Waals surface area contributed by atoms with Crippen LogP contribution >= 0.6 is 11.8 Å². The van der Waals surface area contributed by atoms with Crippen molar-refractivity contribution in [1.29, 1.82) is 0 Å². The molecule has 8 heteroatoms. The number of hydrogen-bond acceptors (Lipinski definition) is 6. The molecule has 1 atom stereocenters. The molecule has 1 aliphatic rings. The van der Waals surface area contributed by atoms with Crippen LogP contribution in [0.5, 0.6) is 0 Å². The summed E-state index contributed by atoms with van der Waals surface area (Å²) in [5.41, 5.74) is 9.63. The summed E-state index contributed by atoms with van der Waals surface area (Å²) in [5.74, 6) is 0.397. The Morgan fingerprint density at radius 3 is 2.24 bits per heavy atom. The van der Waals surface area contributed by atoms with E-state index in [0.717, 1.165) is 27.8 Å². The van der Waals surface area contributed by atoms with Gasteiger partial charge in [-0.1, -0.05) is 66.4 Å². The van der Waals surface area contributed by atoms with E-state index in [4.69, 9.17) is 10.7 Å². The third-order valence-electron chi connectivity index (χ3n) is 5.25. The zero-order valence-electron chi connectivity index (χ0n) is 17.7. The highest BCUT2D eigenvalue weighted by atomic mass is 32.2. The van der Waals surface area contributed by atoms with Crippen LogP contribution in [0.4, 0.5) is 11.4 Å². The molecule has 0 aliphatic carbocycles. The predicted molar refractivity (Wildman–Crippen MR) is 136 cm³/mol. The number of guanidine groups is 1. The van der Waals surface area contributed by atoms with Crippen LogP contribution in [0.1, 0.15) is 11.7 Å². The minimum absolute atomic E-state index is 0.0633. The molecular weight excluding hydrogens is 432 g/mol. The zero-order chi connectivity index (χ0) is 22.6. The fourth-order valence-corrected chi connectivity index (χ4v) is 4.49. The normalized spacial score (nSPS) is 15.5. The second kappa shape index (κ2) is 9.22. The van der Waals surface area contributed by atoms with Gasteiger partial charge >= 0.3 is 0 Å². The standard InChI is InChI=1S/C25H22N6OS/c26-24-28-23(20-15-27-21-14-8-7-13-19(20)21)29-25(30-24)33-16-22(32)31(17-9-3-1-4-10-17)18-11-5-2-6-12-18/h1-15,23,27H,16H2,(H3,26,28,29,30)/t23-/m1/s1. The number of nitrogens with one attached hydrogen (secondary N) is 2. The van der Waals surface area contributed by atoms with Crippen molar-refractivity contribution in [2.24, 2.45) is 15.7 Å². The SMILES string of the molecule is NC1=N[C@@H](c2c[nH]c3ccccc23)N=C(SCC(=O)N(c2ccccc2)c2ccccc2)N1. The average Bonchev–Trinajstić information content (AvgIpc) is 3.28. The van der Waals surface area contributed by atoms with Gasteiger partial charge in [0.25, 0.3) is 0 Å². The molecule has 0 unspecified atom stereocenters. The van der Waals surface area contributed by atoms with Crippen molar-refractivity contribution in [1.82, 2.24) is 10.3 Å². The minimum atomic E-state index is -0.473. The third-order valence-corrected chi connectivity index (χ3v) is 6.12. The van der Waals surface area contributed by atoms with Crippen LogP contribution in [0.15, 0.2) is 101 Å². The van der Waals surface area contributed by atoms with Crippen molar-refractivity contribution in [3.8, 4) is 0 Å². The van der Waals surface area contributed by atoms with Gasteiger partial charge in [-0.15, -0.1) is 0 Å². The van der Waals surface area contributed by atoms with Gasteiger partial charge in [-0.05, 0) is 30.3 Å². The van der Waals surface area contributed by atoms with Gasteiger partial charge in [-0.2, -0.15) is 0 Å². The number of carbonyl (C=O) groups excluding carboxylic acids is 1. The number of aromatic amines is 1. The summed E-state index contributed by atoms with van der Waals surface area (Å²) in [7, 11) is 0. The molecule has 33 heavy (non-hydrogen) atoms. The number of aliphatic imine (C=N–C) groups is 2. The molecule has 0 spiro atoms. The van der Waals surface area contributed by atoms with Crippen LogP contribution in [-0.4, -0.2) is 27.8 Å². The van der Waals surface area contributed by atoms with Gasteiger partial charge in [0.05, 0.1) is 5.75 Å². The van der Waals surface area contributed by atoms with Crippen molar-refractivity contribution in [2.45, 2.75) is 6.17 Å². The first-order valence-electron chi connectivity index (χ1n) is 10.5. The number of rotatable bonds is 5. The fraction of sp³-hybridized carbons (Fsp3) is 0.0800. The molecule has 164 valence electrons. The number of aromatic nitrogens is 1. The smallest absolute Gasteiger partial charge is 0.242 e. The number of amidine groups is 1. The molecule has 4 aromatic rings. The number of para-hydroxylation sites is 3. The quantitative estimate of drug-likeness (QED) is 0.412. The van der Waals surface area contributed by atoms with Crippen LogP contribution < -0.4 is 16.0 Å². The van der Waals surface area contributed by atoms with Crippen LogP contribution in [0.25, 0.3) is 10.9 Å². The summed E-state index contributed by atoms with van der Waals surface area (Å²) in [6.45, 7) is 0. The van der Waals surface area contributed by atoms with Crippen LogP contribution in [0.3, 0.4) is 0 Å². The Morgan fingerprint density at radius 2 is 1.55 bits per heavy atom. The molecule has 7 nitrogen and oxygen atoms in total. The fourth-order valence-electron chi connectivity index (χ4n) is 3.75. The number of anilines is 2. The first-order valence-corrected chi connectivity index (χ1v) is 11.5. The predicted octanol–water partition coefficient (Wildman–Crippen LogP) is 4.54. The van der Waals surface area contributed by atoms with Crippen LogP contribution in [0.2, 0.25) is 0 Å². The van der Waals surface area contributed by atoms with E-state index in [1.165, 1.54) is 11.8 Å². The van der Waals surface area contributed by atoms with E-state index in [0.29, 0.717) is 5.17 Å². The van der Waals surface area contributed by atoms with E-state index in [-0.39, 0.29) is 17.6 Å². The van der Waals surface area contributed by atoms with Gasteiger partial charge in [0, 0.05) is 34.0 Å². The molecule has 1 aromatic heterocycles. The Balaban J connectivity index is 1.37. The summed E-state index contributed by atoms with van der Waals surface area (Å²) < 4.78 is 0. The highest BCUT2D eigenvalue weighted by Crippen LogP contribution is 2.30. The summed E-state index contributed by atoms with van der Waals surface area (Å²) >= 11 is 1.31. The van der Waals surface area contributed by atoms with Gasteiger partial charge in [-0.3, -0.25) is 9.69 Å². The summed E-state index contributed by atoms with van der Waals surface area (Å²) in [5, 5.41) is 4.60. The maximum atomic E-state index is 13.3. The average molecular weight is 455 g/mol. The van der Waals surface area contributed by atoms with Crippen LogP contribution in [-0.2, 0) is 4.79 Å². The van der Waals surface area contributed by atoms with E-state index < -0.39 is 6.17 Å². The Kier molecular flexibility index (Phi) is 5.82. The van der Waals surface area contributed by atoms with Crippen molar-refractivity contribution in [3.63, 3.8) is 0 Å². The number of H-pyrrole nitrogens is 1. The van der Waals surface area contributed by atoms with Crippen molar-refractivity contribution in [3.05, 3.63) is 96.7 Å². The van der Waals surface area contributed by atoms with Gasteiger partial charge in [-0.25, -0.2) is 9.98 Å². The molecule has 2 heterocycles. The number of nitrogens with zero attached hydrogens (tertiary/aromatic N) is 3. The van der Waals surface area contributed by atoms with Gasteiger partial charge < -0.3 is 16.0 Å². The first-order chi connectivity index (χ1) is 16.2. The van der Waals surface area contributed by atoms with Gasteiger partial charge in [0.2, 0.25) is 5.91 Å². The lowest BCUT2D eigenvalue weighted by Gasteiger charge is -2.24. The minimum Gasteiger partial charge on any atom is -0.370 e. The highest BCUT2D eigenvalue weighted by Gasteiger charge is 2.23. The van der Waals surface area contributed by atoms with Crippen molar-refractivity contribution in [2.75, 3.05) is 10.7 Å². The Hall–Kier alpha value is -4.04. The second-order valence-electron chi connectivity index (χ2n) is 7.43. The Morgan fingerprint density at radius 1 is 0.909 bits per heavy atom. The number of carbonyl (C=O) groups is 1. The molecule has 0 saturated carbocycles. The zero-order valence-corrected chi connectivity index (χ0v) is 18.5. The van der Waals surface area contributed by atoms with Crippen molar-refractivity contribution >= 4 is 51.1 Å². The van der Waals surface area contributed by atoms with Crippen LogP contribution in [0, 0.1) is 0 Å². The Labute approximate surface area is 195 Å². The number of amides is 1. The second-order valence-corrected chi connectivity index (χ2v) is 8.39. The monoisotopic (exact) mass is 454 g/mol. The number of nitrogens with two attached hydrogens (primary N) is 1. The highest BCUT2D eigenvalue weighted by molar-refractivity contribution is 8.14. The number of benzene rings is 3. The van der Waals surface area contributed by atoms with E-state index >= 15 is 0 Å². The van der Waals surface area contributed by atoms with E-state index in [2.05, 4.69) is 15.3 Å². The molecular formula is C25H22N6OS. The first kappa shape index (κ1) is 20.8. The molecule has 0 bridgehead atoms. The van der Waals surface area contributed by atoms with Gasteiger partial charge in [0.1, 0.15) is 0 Å². The molecule has 0 radical (unpaired) electrons. The van der Waals surface area contributed by atoms with Gasteiger partial charge in [0.15, 0.2) is 17.3 Å². The summed E-state index contributed by atoms with van der Waals surface area (Å²) in [6, 6.07) is 27.2. The van der Waals surface area contributed by atoms with E-state index in [1.807, 2.05) is 91.1 Å². The lowest BCUT2D eigenvalue weighted by molar-refractivity contribution is -0.115. The van der Waals surface area contributed by atoms with E-state index in [1.54, 1.807) is 4.90 Å². The molecule has 0 saturated heterocycles. The van der Waals surface area contributed by atoms with E-state index in [9.17, 15) is 4.79 Å². The largest absolute Gasteiger partial charge is 0.370 e. The maximum Gasteiger partial charge on any atom is 0.242 e. The molecule has 4 N–H and O–H groups in total. The Bertz CT molecular complexity index is 1290. The molecule has 3 aromatic carbocycles. The number of fused-ring (bicyclic) bond motifs is 1. The van der Waals surface area contributed by atoms with Crippen molar-refractivity contribution < 1.29 is 4.79 Å². The lowest BCUT2D eigenvalue weighted by atomic mass is 10.1. The number of hydrogen-bond donors (Lipinski definition) is 3. The molecule has 1 aliphatic heterocycles.